The topological polar surface area (TPSA) is 20.2 Å². The molecule has 0 bridgehead atoms. The van der Waals surface area contributed by atoms with Gasteiger partial charge in [0.05, 0.1) is 6.10 Å². The second kappa shape index (κ2) is 4.35. The van der Waals surface area contributed by atoms with E-state index < -0.39 is 0 Å². The quantitative estimate of drug-likeness (QED) is 0.615. The van der Waals surface area contributed by atoms with E-state index in [1.807, 2.05) is 0 Å². The first kappa shape index (κ1) is 8.54. The van der Waals surface area contributed by atoms with Crippen molar-refractivity contribution in [1.29, 1.82) is 0 Å². The second-order valence-electron chi connectivity index (χ2n) is 3.14. The largest absolute Gasteiger partial charge is 0.393 e. The molecular weight excluding hydrogens is 136 g/mol. The Bertz CT molecular complexity index is 149. The molecule has 62 valence electrons. The van der Waals surface area contributed by atoms with Crippen LogP contribution in [-0.4, -0.2) is 11.2 Å². The van der Waals surface area contributed by atoms with Crippen LogP contribution in [0.4, 0.5) is 0 Å². The van der Waals surface area contributed by atoms with Gasteiger partial charge in [-0.25, -0.2) is 0 Å². The lowest BCUT2D eigenvalue weighted by Crippen LogP contribution is -2.20. The van der Waals surface area contributed by atoms with Gasteiger partial charge in [0, 0.05) is 0 Å². The summed E-state index contributed by atoms with van der Waals surface area (Å²) in [5, 5.41) is 9.57. The number of allylic oxidation sites excluding steroid dienone is 2. The van der Waals surface area contributed by atoms with Crippen molar-refractivity contribution < 1.29 is 5.11 Å². The molecule has 1 aliphatic carbocycles. The van der Waals surface area contributed by atoms with Crippen LogP contribution >= 0.6 is 0 Å². The maximum Gasteiger partial charge on any atom is 0.0605 e. The Morgan fingerprint density at radius 3 is 3.00 bits per heavy atom. The van der Waals surface area contributed by atoms with Crippen molar-refractivity contribution in [2.75, 3.05) is 0 Å². The third kappa shape index (κ3) is 2.51. The van der Waals surface area contributed by atoms with Crippen LogP contribution in [0.1, 0.15) is 25.7 Å². The number of hydrogen-bond donors (Lipinski definition) is 1. The Labute approximate surface area is 68.4 Å². The predicted octanol–water partition coefficient (Wildman–Crippen LogP) is 2.28. The summed E-state index contributed by atoms with van der Waals surface area (Å²) in [6.07, 6.45) is 10.0. The molecule has 0 aromatic rings. The summed E-state index contributed by atoms with van der Waals surface area (Å²) < 4.78 is 0. The van der Waals surface area contributed by atoms with Crippen molar-refractivity contribution in [3.63, 3.8) is 0 Å². The number of aliphatic hydroxyl groups excluding tert-OH is 1. The molecule has 0 amide bonds. The van der Waals surface area contributed by atoms with Crippen LogP contribution in [0.15, 0.2) is 24.8 Å². The average molecular weight is 152 g/mol. The SMILES string of the molecule is C=CCC(O)C1CC=CCC1. The molecule has 0 heterocycles. The van der Waals surface area contributed by atoms with Gasteiger partial charge in [0.2, 0.25) is 0 Å². The normalized spacial score (nSPS) is 26.5. The van der Waals surface area contributed by atoms with E-state index >= 15 is 0 Å². The van der Waals surface area contributed by atoms with Crippen molar-refractivity contribution in [3.8, 4) is 0 Å². The molecule has 0 spiro atoms. The van der Waals surface area contributed by atoms with Gasteiger partial charge in [0.25, 0.3) is 0 Å². The molecule has 1 N–H and O–H groups in total. The zero-order valence-electron chi connectivity index (χ0n) is 6.87. The first-order valence-electron chi connectivity index (χ1n) is 4.28. The maximum atomic E-state index is 9.57. The highest BCUT2D eigenvalue weighted by Gasteiger charge is 2.17. The highest BCUT2D eigenvalue weighted by molar-refractivity contribution is 4.93. The first-order valence-corrected chi connectivity index (χ1v) is 4.28. The van der Waals surface area contributed by atoms with Crippen LogP contribution in [0.25, 0.3) is 0 Å². The number of aliphatic hydroxyl groups is 1. The Morgan fingerprint density at radius 1 is 1.64 bits per heavy atom. The standard InChI is InChI=1S/C10H16O/c1-2-6-10(11)9-7-4-3-5-8-9/h2-4,9-11H,1,5-8H2. The molecule has 1 aliphatic rings. The van der Waals surface area contributed by atoms with E-state index in [-0.39, 0.29) is 6.10 Å². The molecule has 2 atom stereocenters. The molecular formula is C10H16O. The molecule has 0 saturated carbocycles. The minimum absolute atomic E-state index is 0.169. The van der Waals surface area contributed by atoms with Crippen molar-refractivity contribution in [2.24, 2.45) is 5.92 Å². The van der Waals surface area contributed by atoms with Crippen LogP contribution in [0, 0.1) is 5.92 Å². The van der Waals surface area contributed by atoms with Gasteiger partial charge in [-0.15, -0.1) is 6.58 Å². The Morgan fingerprint density at radius 2 is 2.45 bits per heavy atom. The molecule has 0 aliphatic heterocycles. The van der Waals surface area contributed by atoms with E-state index in [0.717, 1.165) is 25.7 Å². The van der Waals surface area contributed by atoms with Crippen LogP contribution in [0.5, 0.6) is 0 Å². The van der Waals surface area contributed by atoms with Gasteiger partial charge in [0.1, 0.15) is 0 Å². The van der Waals surface area contributed by atoms with Crippen molar-refractivity contribution in [2.45, 2.75) is 31.8 Å². The van der Waals surface area contributed by atoms with E-state index in [1.54, 1.807) is 6.08 Å². The van der Waals surface area contributed by atoms with Gasteiger partial charge >= 0.3 is 0 Å². The fraction of sp³-hybridized carbons (Fsp3) is 0.600. The maximum absolute atomic E-state index is 9.57. The predicted molar refractivity (Wildman–Crippen MR) is 47.3 cm³/mol. The minimum Gasteiger partial charge on any atom is -0.393 e. The molecule has 2 unspecified atom stereocenters. The summed E-state index contributed by atoms with van der Waals surface area (Å²) in [4.78, 5) is 0. The Balaban J connectivity index is 2.33. The van der Waals surface area contributed by atoms with Gasteiger partial charge < -0.3 is 5.11 Å². The molecule has 0 saturated heterocycles. The minimum atomic E-state index is -0.169. The van der Waals surface area contributed by atoms with Crippen molar-refractivity contribution in [1.82, 2.24) is 0 Å². The van der Waals surface area contributed by atoms with Crippen molar-refractivity contribution >= 4 is 0 Å². The third-order valence-corrected chi connectivity index (χ3v) is 2.26. The fourth-order valence-electron chi connectivity index (χ4n) is 1.53. The summed E-state index contributed by atoms with van der Waals surface area (Å²) >= 11 is 0. The van der Waals surface area contributed by atoms with Crippen LogP contribution in [0.3, 0.4) is 0 Å². The number of rotatable bonds is 3. The van der Waals surface area contributed by atoms with Gasteiger partial charge in [-0.05, 0) is 31.6 Å². The van der Waals surface area contributed by atoms with Gasteiger partial charge in [-0.2, -0.15) is 0 Å². The Kier molecular flexibility index (Phi) is 3.37. The molecule has 1 heteroatoms. The molecule has 11 heavy (non-hydrogen) atoms. The second-order valence-corrected chi connectivity index (χ2v) is 3.14. The molecule has 0 aromatic carbocycles. The van der Waals surface area contributed by atoms with E-state index in [4.69, 9.17) is 0 Å². The lowest BCUT2D eigenvalue weighted by molar-refractivity contribution is 0.105. The van der Waals surface area contributed by atoms with Crippen molar-refractivity contribution in [3.05, 3.63) is 24.8 Å². The fourth-order valence-corrected chi connectivity index (χ4v) is 1.53. The molecule has 0 aromatic heterocycles. The van der Waals surface area contributed by atoms with Crippen LogP contribution < -0.4 is 0 Å². The lowest BCUT2D eigenvalue weighted by atomic mass is 9.88. The summed E-state index contributed by atoms with van der Waals surface area (Å²) in [5.74, 6) is 0.470. The van der Waals surface area contributed by atoms with Crippen LogP contribution in [0.2, 0.25) is 0 Å². The Hall–Kier alpha value is -0.560. The van der Waals surface area contributed by atoms with E-state index in [9.17, 15) is 5.11 Å². The number of hydrogen-bond acceptors (Lipinski definition) is 1. The lowest BCUT2D eigenvalue weighted by Gasteiger charge is -2.22. The molecule has 0 fully saturated rings. The van der Waals surface area contributed by atoms with Gasteiger partial charge in [-0.3, -0.25) is 0 Å². The zero-order chi connectivity index (χ0) is 8.10. The summed E-state index contributed by atoms with van der Waals surface area (Å²) in [7, 11) is 0. The first-order chi connectivity index (χ1) is 5.34. The molecule has 1 rings (SSSR count). The summed E-state index contributed by atoms with van der Waals surface area (Å²) in [5.41, 5.74) is 0. The molecule has 0 radical (unpaired) electrons. The highest BCUT2D eigenvalue weighted by Crippen LogP contribution is 2.23. The van der Waals surface area contributed by atoms with E-state index in [0.29, 0.717) is 5.92 Å². The van der Waals surface area contributed by atoms with Crippen LogP contribution in [-0.2, 0) is 0 Å². The smallest absolute Gasteiger partial charge is 0.0605 e. The summed E-state index contributed by atoms with van der Waals surface area (Å²) in [6, 6.07) is 0. The third-order valence-electron chi connectivity index (χ3n) is 2.26. The van der Waals surface area contributed by atoms with E-state index in [1.165, 1.54) is 0 Å². The summed E-state index contributed by atoms with van der Waals surface area (Å²) in [6.45, 7) is 3.62. The average Bonchev–Trinajstić information content (AvgIpc) is 2.07. The molecule has 1 nitrogen and oxygen atoms in total. The monoisotopic (exact) mass is 152 g/mol. The van der Waals surface area contributed by atoms with Gasteiger partial charge in [-0.1, -0.05) is 18.2 Å². The van der Waals surface area contributed by atoms with E-state index in [2.05, 4.69) is 18.7 Å². The van der Waals surface area contributed by atoms with Gasteiger partial charge in [0.15, 0.2) is 0 Å². The highest BCUT2D eigenvalue weighted by atomic mass is 16.3. The zero-order valence-corrected chi connectivity index (χ0v) is 6.87.